The van der Waals surface area contributed by atoms with Crippen molar-refractivity contribution in [3.63, 3.8) is 0 Å². The monoisotopic (exact) mass is 279 g/mol. The summed E-state index contributed by atoms with van der Waals surface area (Å²) in [5, 5.41) is 2.32. The molecule has 0 saturated carbocycles. The zero-order chi connectivity index (χ0) is 14.9. The van der Waals surface area contributed by atoms with Gasteiger partial charge in [0, 0.05) is 18.7 Å². The van der Waals surface area contributed by atoms with Crippen LogP contribution < -0.4 is 11.1 Å². The average Bonchev–Trinajstić information content (AvgIpc) is 2.38. The van der Waals surface area contributed by atoms with Gasteiger partial charge in [0.2, 0.25) is 11.8 Å². The lowest BCUT2D eigenvalue weighted by Gasteiger charge is -2.40. The third kappa shape index (κ3) is 2.71. The lowest BCUT2D eigenvalue weighted by molar-refractivity contribution is -0.145. The number of halogens is 1. The topological polar surface area (TPSA) is 75.4 Å². The molecule has 1 aromatic rings. The molecule has 2 amide bonds. The summed E-state index contributed by atoms with van der Waals surface area (Å²) in [7, 11) is 0. The summed E-state index contributed by atoms with van der Waals surface area (Å²) in [6, 6.07) is 4.67. The standard InChI is InChI=1S/C14H18FN3O2/c1-14(2)13(20)17-12(19)8-18(14)7-9-3-4-11(15)10(5-9)6-16/h3-5H,6-8,16H2,1-2H3,(H,17,19,20). The maximum absolute atomic E-state index is 13.4. The van der Waals surface area contributed by atoms with E-state index in [0.29, 0.717) is 12.1 Å². The molecule has 1 aliphatic rings. The van der Waals surface area contributed by atoms with E-state index in [2.05, 4.69) is 5.32 Å². The molecule has 108 valence electrons. The molecule has 0 aliphatic carbocycles. The smallest absolute Gasteiger partial charge is 0.246 e. The molecule has 1 saturated heterocycles. The van der Waals surface area contributed by atoms with Crippen LogP contribution in [0.15, 0.2) is 18.2 Å². The van der Waals surface area contributed by atoms with Gasteiger partial charge in [-0.15, -0.1) is 0 Å². The van der Waals surface area contributed by atoms with Crippen molar-refractivity contribution in [3.05, 3.63) is 35.1 Å². The highest BCUT2D eigenvalue weighted by molar-refractivity contribution is 6.02. The predicted molar refractivity (Wildman–Crippen MR) is 71.9 cm³/mol. The summed E-state index contributed by atoms with van der Waals surface area (Å²) in [5.74, 6) is -0.992. The molecule has 0 unspecified atom stereocenters. The fourth-order valence-electron chi connectivity index (χ4n) is 2.19. The minimum atomic E-state index is -0.787. The molecule has 0 spiro atoms. The summed E-state index contributed by atoms with van der Waals surface area (Å²) in [5.41, 5.74) is 5.94. The van der Waals surface area contributed by atoms with Gasteiger partial charge in [-0.3, -0.25) is 19.8 Å². The molecule has 2 rings (SSSR count). The molecule has 0 bridgehead atoms. The number of amides is 2. The summed E-state index contributed by atoms with van der Waals surface area (Å²) < 4.78 is 13.4. The molecule has 0 radical (unpaired) electrons. The molecule has 3 N–H and O–H groups in total. The third-order valence-corrected chi connectivity index (χ3v) is 3.64. The van der Waals surface area contributed by atoms with Crippen molar-refractivity contribution < 1.29 is 14.0 Å². The number of carbonyl (C=O) groups excluding carboxylic acids is 2. The molecule has 1 heterocycles. The van der Waals surface area contributed by atoms with Gasteiger partial charge in [0.1, 0.15) is 5.82 Å². The van der Waals surface area contributed by atoms with Gasteiger partial charge in [-0.05, 0) is 25.5 Å². The molecule has 6 heteroatoms. The van der Waals surface area contributed by atoms with Gasteiger partial charge in [-0.1, -0.05) is 12.1 Å². The molecule has 20 heavy (non-hydrogen) atoms. The van der Waals surface area contributed by atoms with E-state index in [1.165, 1.54) is 6.07 Å². The first kappa shape index (κ1) is 14.6. The number of hydrogen-bond donors (Lipinski definition) is 2. The molecular weight excluding hydrogens is 261 g/mol. The number of benzene rings is 1. The Bertz CT molecular complexity index is 557. The molecule has 1 aliphatic heterocycles. The average molecular weight is 279 g/mol. The first-order valence-electron chi connectivity index (χ1n) is 6.41. The quantitative estimate of drug-likeness (QED) is 0.791. The van der Waals surface area contributed by atoms with E-state index in [1.807, 2.05) is 0 Å². The Labute approximate surface area is 116 Å². The third-order valence-electron chi connectivity index (χ3n) is 3.64. The first-order valence-corrected chi connectivity index (χ1v) is 6.41. The number of hydrogen-bond acceptors (Lipinski definition) is 4. The number of nitrogens with two attached hydrogens (primary N) is 1. The maximum Gasteiger partial charge on any atom is 0.246 e. The number of nitrogens with zero attached hydrogens (tertiary/aromatic N) is 1. The van der Waals surface area contributed by atoms with Crippen molar-refractivity contribution in [2.24, 2.45) is 5.73 Å². The van der Waals surface area contributed by atoms with Crippen LogP contribution in [-0.2, 0) is 22.7 Å². The number of carbonyl (C=O) groups is 2. The molecule has 1 fully saturated rings. The Morgan fingerprint density at radius 3 is 2.75 bits per heavy atom. The fraction of sp³-hybridized carbons (Fsp3) is 0.429. The van der Waals surface area contributed by atoms with Crippen molar-refractivity contribution in [3.8, 4) is 0 Å². The van der Waals surface area contributed by atoms with Gasteiger partial charge in [-0.25, -0.2) is 4.39 Å². The van der Waals surface area contributed by atoms with Crippen molar-refractivity contribution in [2.45, 2.75) is 32.5 Å². The van der Waals surface area contributed by atoms with E-state index >= 15 is 0 Å². The minimum Gasteiger partial charge on any atom is -0.326 e. The van der Waals surface area contributed by atoms with Gasteiger partial charge in [0.05, 0.1) is 12.1 Å². The van der Waals surface area contributed by atoms with Crippen LogP contribution in [0.25, 0.3) is 0 Å². The Balaban J connectivity index is 2.23. The van der Waals surface area contributed by atoms with Crippen molar-refractivity contribution in [1.82, 2.24) is 10.2 Å². The first-order chi connectivity index (χ1) is 9.34. The molecule has 1 aromatic carbocycles. The van der Waals surface area contributed by atoms with Crippen molar-refractivity contribution >= 4 is 11.8 Å². The second-order valence-electron chi connectivity index (χ2n) is 5.42. The van der Waals surface area contributed by atoms with Gasteiger partial charge >= 0.3 is 0 Å². The Hall–Kier alpha value is -1.79. The van der Waals surface area contributed by atoms with Gasteiger partial charge in [0.15, 0.2) is 0 Å². The van der Waals surface area contributed by atoms with Crippen LogP contribution in [0.5, 0.6) is 0 Å². The van der Waals surface area contributed by atoms with Gasteiger partial charge in [-0.2, -0.15) is 0 Å². The summed E-state index contributed by atoms with van der Waals surface area (Å²) >= 11 is 0. The largest absolute Gasteiger partial charge is 0.326 e. The van der Waals surface area contributed by atoms with Crippen molar-refractivity contribution in [2.75, 3.05) is 6.54 Å². The lowest BCUT2D eigenvalue weighted by atomic mass is 9.97. The van der Waals surface area contributed by atoms with Crippen LogP contribution in [0.3, 0.4) is 0 Å². The van der Waals surface area contributed by atoms with Crippen LogP contribution in [0.4, 0.5) is 4.39 Å². The van der Waals surface area contributed by atoms with E-state index in [0.717, 1.165) is 5.56 Å². The zero-order valence-electron chi connectivity index (χ0n) is 11.6. The molecule has 0 atom stereocenters. The number of piperazine rings is 1. The van der Waals surface area contributed by atoms with Crippen LogP contribution in [-0.4, -0.2) is 28.8 Å². The molecule has 0 aromatic heterocycles. The normalized spacial score (nSPS) is 19.0. The summed E-state index contributed by atoms with van der Waals surface area (Å²) in [4.78, 5) is 25.1. The fourth-order valence-corrected chi connectivity index (χ4v) is 2.19. The Kier molecular flexibility index (Phi) is 3.87. The van der Waals surface area contributed by atoms with Crippen LogP contribution in [0.2, 0.25) is 0 Å². The number of nitrogens with one attached hydrogen (secondary N) is 1. The van der Waals surface area contributed by atoms with Crippen LogP contribution in [0.1, 0.15) is 25.0 Å². The number of rotatable bonds is 3. The second-order valence-corrected chi connectivity index (χ2v) is 5.42. The van der Waals surface area contributed by atoms with Gasteiger partial charge < -0.3 is 5.73 Å². The van der Waals surface area contributed by atoms with E-state index in [4.69, 9.17) is 5.73 Å². The lowest BCUT2D eigenvalue weighted by Crippen LogP contribution is -2.63. The highest BCUT2D eigenvalue weighted by Crippen LogP contribution is 2.22. The second kappa shape index (κ2) is 5.30. The summed E-state index contributed by atoms with van der Waals surface area (Å²) in [6.07, 6.45) is 0. The number of imide groups is 1. The highest BCUT2D eigenvalue weighted by Gasteiger charge is 2.40. The van der Waals surface area contributed by atoms with Gasteiger partial charge in [0.25, 0.3) is 0 Å². The van der Waals surface area contributed by atoms with E-state index in [1.54, 1.807) is 30.9 Å². The molecular formula is C14H18FN3O2. The van der Waals surface area contributed by atoms with Crippen LogP contribution >= 0.6 is 0 Å². The Morgan fingerprint density at radius 2 is 2.10 bits per heavy atom. The Morgan fingerprint density at radius 1 is 1.40 bits per heavy atom. The molecule has 5 nitrogen and oxygen atoms in total. The van der Waals surface area contributed by atoms with E-state index in [-0.39, 0.29) is 30.7 Å². The van der Waals surface area contributed by atoms with E-state index < -0.39 is 5.54 Å². The summed E-state index contributed by atoms with van der Waals surface area (Å²) in [6.45, 7) is 4.14. The predicted octanol–water partition coefficient (Wildman–Crippen LogP) is 0.521. The van der Waals surface area contributed by atoms with Crippen molar-refractivity contribution in [1.29, 1.82) is 0 Å². The maximum atomic E-state index is 13.4. The van der Waals surface area contributed by atoms with Crippen LogP contribution in [0, 0.1) is 5.82 Å². The zero-order valence-corrected chi connectivity index (χ0v) is 11.6. The minimum absolute atomic E-state index is 0.114. The van der Waals surface area contributed by atoms with E-state index in [9.17, 15) is 14.0 Å². The SMILES string of the molecule is CC1(C)C(=O)NC(=O)CN1Cc1ccc(F)c(CN)c1. The highest BCUT2D eigenvalue weighted by atomic mass is 19.1.